The molecular formula is C23H33FN18O12. The van der Waals surface area contributed by atoms with Crippen molar-refractivity contribution in [1.29, 1.82) is 0 Å². The first-order valence-electron chi connectivity index (χ1n) is 15.8. The van der Waals surface area contributed by atoms with Crippen molar-refractivity contribution in [3.05, 3.63) is 62.7 Å². The lowest BCUT2D eigenvalue weighted by molar-refractivity contribution is -0.302. The second-order valence-corrected chi connectivity index (χ2v) is 12.0. The maximum Gasteiger partial charge on any atom is 0.187 e. The third-order valence-corrected chi connectivity index (χ3v) is 8.97. The second-order valence-electron chi connectivity index (χ2n) is 12.0. The van der Waals surface area contributed by atoms with Crippen LogP contribution in [0.5, 0.6) is 0 Å². The van der Waals surface area contributed by atoms with Crippen LogP contribution in [-0.4, -0.2) is 167 Å². The van der Waals surface area contributed by atoms with Gasteiger partial charge in [-0.05, 0) is 39.6 Å². The Morgan fingerprint density at radius 2 is 1.04 bits per heavy atom. The molecule has 19 atom stereocenters. The van der Waals surface area contributed by atoms with Gasteiger partial charge in [0.05, 0.1) is 62.3 Å². The quantitative estimate of drug-likeness (QED) is 0.0738. The third kappa shape index (κ3) is 9.15. The Morgan fingerprint density at radius 3 is 1.61 bits per heavy atom. The van der Waals surface area contributed by atoms with E-state index in [-0.39, 0.29) is 0 Å². The lowest BCUT2D eigenvalue weighted by Gasteiger charge is -2.46. The Labute approximate surface area is 299 Å². The van der Waals surface area contributed by atoms with Gasteiger partial charge >= 0.3 is 0 Å². The highest BCUT2D eigenvalue weighted by atomic mass is 19.1. The van der Waals surface area contributed by atoms with Crippen molar-refractivity contribution in [2.24, 2.45) is 30.7 Å². The Hall–Kier alpha value is -4.69. The number of hydrogen-bond donors (Lipinski definition) is 6. The van der Waals surface area contributed by atoms with Crippen LogP contribution in [0.2, 0.25) is 0 Å². The summed E-state index contributed by atoms with van der Waals surface area (Å²) in [5.74, 6) is 0. The van der Waals surface area contributed by atoms with Gasteiger partial charge < -0.3 is 59.1 Å². The predicted octanol–water partition coefficient (Wildman–Crippen LogP) is 0.191. The normalized spacial score (nSPS) is 43.1. The van der Waals surface area contributed by atoms with Crippen molar-refractivity contribution >= 4 is 0 Å². The lowest BCUT2D eigenvalue weighted by Crippen LogP contribution is -2.62. The Kier molecular flexibility index (Phi) is 15.3. The molecule has 31 heteroatoms. The van der Waals surface area contributed by atoms with E-state index in [1.165, 1.54) is 0 Å². The van der Waals surface area contributed by atoms with Gasteiger partial charge in [-0.15, -0.1) is 0 Å². The molecule has 30 nitrogen and oxygen atoms in total. The molecule has 294 valence electrons. The van der Waals surface area contributed by atoms with E-state index in [1.54, 1.807) is 0 Å². The molecule has 0 amide bonds. The number of alkyl halides is 1. The largest absolute Gasteiger partial charge is 0.394 e. The zero-order valence-corrected chi connectivity index (χ0v) is 27.4. The van der Waals surface area contributed by atoms with Crippen molar-refractivity contribution in [2.45, 2.75) is 123 Å². The van der Waals surface area contributed by atoms with Crippen molar-refractivity contribution < 1.29 is 63.5 Å². The van der Waals surface area contributed by atoms with Crippen LogP contribution >= 0.6 is 0 Å². The summed E-state index contributed by atoms with van der Waals surface area (Å²) in [6, 6.07) is -6.42. The van der Waals surface area contributed by atoms with Gasteiger partial charge in [-0.3, -0.25) is 0 Å². The first kappa shape index (κ1) is 42.1. The summed E-state index contributed by atoms with van der Waals surface area (Å²) in [4.78, 5) is 15.6. The number of halogens is 1. The van der Waals surface area contributed by atoms with E-state index >= 15 is 4.39 Å². The smallest absolute Gasteiger partial charge is 0.187 e. The van der Waals surface area contributed by atoms with Crippen LogP contribution in [0.3, 0.4) is 0 Å². The molecule has 0 aromatic carbocycles. The predicted molar refractivity (Wildman–Crippen MR) is 167 cm³/mol. The van der Waals surface area contributed by atoms with E-state index < -0.39 is 142 Å². The van der Waals surface area contributed by atoms with Gasteiger partial charge in [0.15, 0.2) is 18.9 Å². The molecule has 0 aromatic rings. The van der Waals surface area contributed by atoms with Gasteiger partial charge in [-0.25, -0.2) is 4.39 Å². The van der Waals surface area contributed by atoms with Crippen LogP contribution in [0.4, 0.5) is 4.39 Å². The summed E-state index contributed by atoms with van der Waals surface area (Å²) in [6.45, 7) is -2.03. The molecule has 0 aromatic heterocycles. The molecule has 1 aliphatic carbocycles. The molecular weight excluding hydrogens is 739 g/mol. The summed E-state index contributed by atoms with van der Waals surface area (Å²) in [6.07, 6.45) is -27.5. The highest BCUT2D eigenvalue weighted by Crippen LogP contribution is 2.38. The molecule has 3 saturated heterocycles. The molecule has 1 saturated carbocycles. The van der Waals surface area contributed by atoms with Gasteiger partial charge in [-0.2, -0.15) is 0 Å². The number of rotatable bonds is 15. The fourth-order valence-corrected chi connectivity index (χ4v) is 6.37. The minimum atomic E-state index is -2.37. The maximum absolute atomic E-state index is 15.4. The number of azide groups is 6. The van der Waals surface area contributed by atoms with Crippen LogP contribution in [-0.2, 0) is 28.4 Å². The minimum absolute atomic E-state index is 0.410. The molecule has 54 heavy (non-hydrogen) atoms. The fraction of sp³-hybridized carbons (Fsp3) is 1.00. The zero-order chi connectivity index (χ0) is 39.5. The van der Waals surface area contributed by atoms with E-state index in [9.17, 15) is 36.2 Å². The SMILES string of the molecule is [N-]=[N+]=NCC1OC(OC2C(CO)OC(OC3C(O)C(N=[N+]=[N-])CC(N=[N+]=[N-])C3OC3OC(CN=[N+]=[N-])C(O)C(F)C3N=[N+]=[N-])C2O)C(N=[N+]=[N-])C(O)C1O. The Morgan fingerprint density at radius 1 is 0.537 bits per heavy atom. The van der Waals surface area contributed by atoms with Crippen LogP contribution in [0.25, 0.3) is 62.7 Å². The summed E-state index contributed by atoms with van der Waals surface area (Å²) in [7, 11) is 0. The maximum atomic E-state index is 15.4. The van der Waals surface area contributed by atoms with E-state index in [4.69, 9.17) is 56.1 Å². The van der Waals surface area contributed by atoms with Crippen molar-refractivity contribution in [3.8, 4) is 0 Å². The third-order valence-electron chi connectivity index (χ3n) is 8.97. The molecule has 3 aliphatic heterocycles. The highest BCUT2D eigenvalue weighted by Gasteiger charge is 2.55. The van der Waals surface area contributed by atoms with Crippen LogP contribution < -0.4 is 0 Å². The van der Waals surface area contributed by atoms with Gasteiger partial charge in [-0.1, -0.05) is 30.7 Å². The van der Waals surface area contributed by atoms with E-state index in [0.717, 1.165) is 0 Å². The molecule has 0 spiro atoms. The van der Waals surface area contributed by atoms with Gasteiger partial charge in [0, 0.05) is 29.5 Å². The van der Waals surface area contributed by atoms with E-state index in [0.29, 0.717) is 0 Å². The average Bonchev–Trinajstić information content (AvgIpc) is 3.45. The summed E-state index contributed by atoms with van der Waals surface area (Å²) in [5, 5.41) is 84.6. The lowest BCUT2D eigenvalue weighted by atomic mass is 9.84. The first-order chi connectivity index (χ1) is 26.0. The number of nitrogens with zero attached hydrogens (tertiary/aromatic N) is 18. The minimum Gasteiger partial charge on any atom is -0.394 e. The number of ether oxygens (including phenoxy) is 6. The number of aliphatic hydroxyl groups is 6. The topological polar surface area (TPSA) is 469 Å². The van der Waals surface area contributed by atoms with Crippen molar-refractivity contribution in [2.75, 3.05) is 19.7 Å². The Balaban J connectivity index is 1.67. The summed E-state index contributed by atoms with van der Waals surface area (Å²) >= 11 is 0. The number of aliphatic hydroxyl groups excluding tert-OH is 6. The molecule has 6 N–H and O–H groups in total. The standard InChI is InChI=1S/C23H33FN18O12/c24-10-11(35-41-29)21(49-7(14(10)45)2-31-37-25)52-18-6(34-40-28)1-5(33-39-27)13(44)20(18)54-23-17(48)19(9(4-43)51-23)53-22-12(36-42-30)16(47)15(46)8(50-22)3-32-38-26/h5-23,43-48H,1-4H2. The van der Waals surface area contributed by atoms with Gasteiger partial charge in [0.2, 0.25) is 0 Å². The Bertz CT molecular complexity index is 1600. The molecule has 4 aliphatic rings. The highest BCUT2D eigenvalue weighted by molar-refractivity contribution is 5.04. The van der Waals surface area contributed by atoms with Crippen molar-refractivity contribution in [1.82, 2.24) is 0 Å². The monoisotopic (exact) mass is 772 g/mol. The molecule has 4 rings (SSSR count). The second kappa shape index (κ2) is 19.6. The summed E-state index contributed by atoms with van der Waals surface area (Å²) < 4.78 is 49.8. The van der Waals surface area contributed by atoms with E-state index in [1.807, 2.05) is 0 Å². The first-order valence-corrected chi connectivity index (χ1v) is 15.8. The zero-order valence-electron chi connectivity index (χ0n) is 27.4. The molecule has 0 bridgehead atoms. The summed E-state index contributed by atoms with van der Waals surface area (Å²) in [5.41, 5.74) is 54.1. The molecule has 0 radical (unpaired) electrons. The van der Waals surface area contributed by atoms with Crippen LogP contribution in [0, 0.1) is 0 Å². The molecule has 19 unspecified atom stereocenters. The number of hydrogen-bond acceptors (Lipinski definition) is 18. The van der Waals surface area contributed by atoms with Crippen LogP contribution in [0.1, 0.15) is 6.42 Å². The van der Waals surface area contributed by atoms with E-state index in [2.05, 4.69) is 60.2 Å². The van der Waals surface area contributed by atoms with Crippen molar-refractivity contribution in [3.63, 3.8) is 0 Å². The van der Waals surface area contributed by atoms with Gasteiger partial charge in [0.25, 0.3) is 0 Å². The average molecular weight is 773 g/mol. The molecule has 4 fully saturated rings. The molecule has 3 heterocycles. The van der Waals surface area contributed by atoms with Crippen LogP contribution in [0.15, 0.2) is 30.7 Å². The van der Waals surface area contributed by atoms with Gasteiger partial charge in [0.1, 0.15) is 54.9 Å². The fourth-order valence-electron chi connectivity index (χ4n) is 6.37.